The van der Waals surface area contributed by atoms with Crippen molar-refractivity contribution in [2.24, 2.45) is 0 Å². The molecule has 0 aliphatic carbocycles. The fourth-order valence-corrected chi connectivity index (χ4v) is 10.2. The summed E-state index contributed by atoms with van der Waals surface area (Å²) in [6.45, 7) is 7.17. The van der Waals surface area contributed by atoms with E-state index < -0.39 is 5.97 Å². The van der Waals surface area contributed by atoms with E-state index in [1.54, 1.807) is 131 Å². The molecule has 9 aromatic carbocycles. The fourth-order valence-electron chi connectivity index (χ4n) is 10.2. The van der Waals surface area contributed by atoms with Gasteiger partial charge < -0.3 is 33.9 Å². The van der Waals surface area contributed by atoms with Crippen LogP contribution in [0.4, 0.5) is 0 Å². The number of nitrogens with zero attached hydrogens (tertiary/aromatic N) is 6. The molecule has 0 saturated carbocycles. The average Bonchev–Trinajstić information content (AvgIpc) is 0.790. The molecule has 0 aliphatic rings. The maximum atomic E-state index is 13.7. The van der Waals surface area contributed by atoms with Gasteiger partial charge in [-0.15, -0.1) is 0 Å². The standard InChI is InChI=1S/C27H24N2O6.C24H20N2O3.C24H20N2O2/c1-17(30)35-26-18(9-7-14-23(26)34-4)15-16-24-28-20-11-6-5-10-19(20)27(31)29(24)25-21(32-2)12-8-13-22(25)33-3;1-16-10-13-18(14-11-16)26-22(25-20-8-4-3-7-19(20)24(26)28)15-12-17-6-5-9-21(29-2)23(17)27;1-16-10-13-19(14-11-16)26-22(15-12-18-7-5-6-17(2)23(18)27)25-21-9-4-3-8-20(21)24(26)28/h5-16H,1-4H3;3-15,27H,1-2H3;3-15,27H,1-2H3/b16-15+;2*15-12+. The summed E-state index contributed by atoms with van der Waals surface area (Å²) in [7, 11) is 6.04. The largest absolute Gasteiger partial charge is 0.507 e. The molecule has 0 radical (unpaired) electrons. The molecule has 3 heterocycles. The number of carbonyl (C=O) groups is 1. The zero-order valence-corrected chi connectivity index (χ0v) is 51.7. The van der Waals surface area contributed by atoms with Crippen molar-refractivity contribution in [3.05, 3.63) is 276 Å². The lowest BCUT2D eigenvalue weighted by Gasteiger charge is -2.17. The molecule has 17 heteroatoms. The summed E-state index contributed by atoms with van der Waals surface area (Å²) in [4.78, 5) is 65.9. The molecule has 92 heavy (non-hydrogen) atoms. The van der Waals surface area contributed by atoms with E-state index in [9.17, 15) is 29.4 Å². The molecule has 0 aliphatic heterocycles. The molecule has 0 fully saturated rings. The first kappa shape index (κ1) is 62.9. The summed E-state index contributed by atoms with van der Waals surface area (Å²) in [5.74, 6) is 3.03. The number of para-hydroxylation sites is 7. The number of ether oxygens (including phenoxy) is 5. The summed E-state index contributed by atoms with van der Waals surface area (Å²) in [6.07, 6.45) is 10.4. The quantitative estimate of drug-likeness (QED) is 0.0767. The smallest absolute Gasteiger partial charge is 0.308 e. The van der Waals surface area contributed by atoms with Gasteiger partial charge in [-0.1, -0.05) is 120 Å². The van der Waals surface area contributed by atoms with Gasteiger partial charge in [0.05, 0.1) is 72.5 Å². The van der Waals surface area contributed by atoms with E-state index in [4.69, 9.17) is 33.7 Å². The van der Waals surface area contributed by atoms with Gasteiger partial charge in [0.1, 0.15) is 40.4 Å². The molecule has 0 amide bonds. The molecule has 0 spiro atoms. The van der Waals surface area contributed by atoms with Crippen LogP contribution in [0.5, 0.6) is 40.2 Å². The van der Waals surface area contributed by atoms with Crippen LogP contribution < -0.4 is 40.4 Å². The highest BCUT2D eigenvalue weighted by molar-refractivity contribution is 5.84. The van der Waals surface area contributed by atoms with Crippen LogP contribution in [-0.4, -0.2) is 73.3 Å². The molecule has 460 valence electrons. The van der Waals surface area contributed by atoms with Gasteiger partial charge in [0.25, 0.3) is 16.7 Å². The third kappa shape index (κ3) is 13.6. The zero-order valence-electron chi connectivity index (χ0n) is 51.7. The Hall–Kier alpha value is -12.1. The Bertz CT molecular complexity index is 4990. The predicted molar refractivity (Wildman–Crippen MR) is 363 cm³/mol. The summed E-state index contributed by atoms with van der Waals surface area (Å²) >= 11 is 0. The molecule has 0 bridgehead atoms. The van der Waals surface area contributed by atoms with Crippen LogP contribution in [0.25, 0.3) is 86.2 Å². The number of rotatable bonds is 14. The van der Waals surface area contributed by atoms with E-state index in [2.05, 4.69) is 4.98 Å². The number of aromatic hydroxyl groups is 2. The maximum absolute atomic E-state index is 13.7. The molecule has 17 nitrogen and oxygen atoms in total. The number of aryl methyl sites for hydroxylation is 3. The van der Waals surface area contributed by atoms with E-state index in [-0.39, 0.29) is 33.9 Å². The van der Waals surface area contributed by atoms with Crippen LogP contribution in [0.15, 0.2) is 209 Å². The minimum absolute atomic E-state index is 0.0382. The number of esters is 1. The van der Waals surface area contributed by atoms with Crippen LogP contribution in [0.1, 0.15) is 57.8 Å². The number of hydrogen-bond acceptors (Lipinski definition) is 14. The van der Waals surface area contributed by atoms with Gasteiger partial charge in [-0.2, -0.15) is 0 Å². The van der Waals surface area contributed by atoms with Crippen LogP contribution >= 0.6 is 0 Å². The van der Waals surface area contributed by atoms with Crippen molar-refractivity contribution in [2.75, 3.05) is 28.4 Å². The normalized spacial score (nSPS) is 11.2. The number of phenols is 2. The van der Waals surface area contributed by atoms with Gasteiger partial charge >= 0.3 is 5.97 Å². The number of hydrogen-bond donors (Lipinski definition) is 2. The number of carbonyl (C=O) groups excluding carboxylic acids is 1. The summed E-state index contributed by atoms with van der Waals surface area (Å²) in [6, 6.07) is 58.5. The Kier molecular flexibility index (Phi) is 19.4. The van der Waals surface area contributed by atoms with Crippen molar-refractivity contribution in [3.63, 3.8) is 0 Å². The minimum atomic E-state index is -0.483. The monoisotopic (exact) mass is 1220 g/mol. The van der Waals surface area contributed by atoms with Crippen molar-refractivity contribution in [3.8, 4) is 57.3 Å². The van der Waals surface area contributed by atoms with Crippen molar-refractivity contribution in [1.29, 1.82) is 0 Å². The fraction of sp³-hybridized carbons (Fsp3) is 0.107. The van der Waals surface area contributed by atoms with Crippen molar-refractivity contribution in [1.82, 2.24) is 28.7 Å². The summed E-state index contributed by atoms with van der Waals surface area (Å²) in [5.41, 5.74) is 7.99. The summed E-state index contributed by atoms with van der Waals surface area (Å²) < 4.78 is 31.6. The van der Waals surface area contributed by atoms with Gasteiger partial charge in [0.15, 0.2) is 23.0 Å². The van der Waals surface area contributed by atoms with E-state index in [0.717, 1.165) is 28.1 Å². The van der Waals surface area contributed by atoms with E-state index in [1.165, 1.54) is 39.9 Å². The lowest BCUT2D eigenvalue weighted by Crippen LogP contribution is -2.23. The molecule has 3 aromatic heterocycles. The first-order valence-corrected chi connectivity index (χ1v) is 29.1. The molecule has 0 unspecified atom stereocenters. The molecular weight excluding hydrogens is 1160 g/mol. The molecule has 0 atom stereocenters. The zero-order chi connectivity index (χ0) is 65.0. The third-order valence-electron chi connectivity index (χ3n) is 14.8. The Labute approximate surface area is 529 Å². The van der Waals surface area contributed by atoms with Gasteiger partial charge in [-0.3, -0.25) is 32.9 Å². The highest BCUT2D eigenvalue weighted by Gasteiger charge is 2.21. The molecule has 2 N–H and O–H groups in total. The Balaban J connectivity index is 0.000000152. The third-order valence-corrected chi connectivity index (χ3v) is 14.8. The second-order valence-electron chi connectivity index (χ2n) is 20.9. The molecule has 0 saturated heterocycles. The van der Waals surface area contributed by atoms with Crippen molar-refractivity contribution < 1.29 is 38.7 Å². The van der Waals surface area contributed by atoms with Gasteiger partial charge in [0.2, 0.25) is 0 Å². The highest BCUT2D eigenvalue weighted by Crippen LogP contribution is 2.36. The first-order chi connectivity index (χ1) is 44.6. The number of methoxy groups -OCH3 is 4. The van der Waals surface area contributed by atoms with Crippen LogP contribution in [0.2, 0.25) is 0 Å². The first-order valence-electron chi connectivity index (χ1n) is 29.1. The van der Waals surface area contributed by atoms with Gasteiger partial charge in [-0.05, 0) is 148 Å². The minimum Gasteiger partial charge on any atom is -0.507 e. The average molecular weight is 1230 g/mol. The molecular formula is C75H64N6O11. The lowest BCUT2D eigenvalue weighted by molar-refractivity contribution is -0.132. The topological polar surface area (TPSA) is 208 Å². The number of fused-ring (bicyclic) bond motifs is 3. The molecule has 12 rings (SSSR count). The van der Waals surface area contributed by atoms with Crippen molar-refractivity contribution >= 4 is 75.1 Å². The highest BCUT2D eigenvalue weighted by atomic mass is 16.6. The Morgan fingerprint density at radius 3 is 1.20 bits per heavy atom. The van der Waals surface area contributed by atoms with Gasteiger partial charge in [-0.25, -0.2) is 15.0 Å². The Morgan fingerprint density at radius 1 is 0.391 bits per heavy atom. The summed E-state index contributed by atoms with van der Waals surface area (Å²) in [5, 5.41) is 22.2. The van der Waals surface area contributed by atoms with E-state index >= 15 is 0 Å². The van der Waals surface area contributed by atoms with E-state index in [0.29, 0.717) is 95.6 Å². The number of phenolic OH excluding ortho intramolecular Hbond substituents is 2. The van der Waals surface area contributed by atoms with E-state index in [1.807, 2.05) is 130 Å². The maximum Gasteiger partial charge on any atom is 0.308 e. The second kappa shape index (κ2) is 28.4. The molecule has 12 aromatic rings. The predicted octanol–water partition coefficient (Wildman–Crippen LogP) is 14.0. The van der Waals surface area contributed by atoms with Crippen LogP contribution in [-0.2, 0) is 4.79 Å². The van der Waals surface area contributed by atoms with Crippen LogP contribution in [0.3, 0.4) is 0 Å². The lowest BCUT2D eigenvalue weighted by atomic mass is 10.1. The Morgan fingerprint density at radius 2 is 0.750 bits per heavy atom. The van der Waals surface area contributed by atoms with Gasteiger partial charge in [0, 0.05) is 23.6 Å². The number of benzene rings is 9. The second-order valence-corrected chi connectivity index (χ2v) is 20.9. The number of aromatic nitrogens is 6. The SMILES string of the molecule is COc1cccc(/C=C/c2nc3ccccc3c(=O)n2-c2c(OC)cccc2OC)c1OC(C)=O.COc1cccc(/C=C/c2nc3ccccc3c(=O)n2-c2ccc(C)cc2)c1O.Cc1ccc(-n2c(/C=C/c3cccc(C)c3O)nc3ccccc3c2=O)cc1. The van der Waals surface area contributed by atoms with Crippen molar-refractivity contribution in [2.45, 2.75) is 27.7 Å². The van der Waals surface area contributed by atoms with Crippen LogP contribution in [0, 0.1) is 20.8 Å².